The second-order valence-corrected chi connectivity index (χ2v) is 5.20. The standard InChI is InChI=1S/C10H10Cl2N4S/c1-5-4-17-10(13-5)6(2)14-7-3-8(11)15-16-9(7)12/h3-4,6H,1-2H3,(H,14,15). The van der Waals surface area contributed by atoms with E-state index in [0.29, 0.717) is 16.0 Å². The van der Waals surface area contributed by atoms with Crippen LogP contribution in [0.15, 0.2) is 11.4 Å². The van der Waals surface area contributed by atoms with Gasteiger partial charge in [0.1, 0.15) is 5.01 Å². The van der Waals surface area contributed by atoms with Gasteiger partial charge >= 0.3 is 0 Å². The van der Waals surface area contributed by atoms with Crippen LogP contribution in [0.5, 0.6) is 0 Å². The fourth-order valence-electron chi connectivity index (χ4n) is 1.32. The van der Waals surface area contributed by atoms with E-state index in [-0.39, 0.29) is 6.04 Å². The number of hydrogen-bond acceptors (Lipinski definition) is 5. The number of hydrogen-bond donors (Lipinski definition) is 1. The van der Waals surface area contributed by atoms with Crippen LogP contribution >= 0.6 is 34.5 Å². The first-order valence-electron chi connectivity index (χ1n) is 4.93. The topological polar surface area (TPSA) is 50.7 Å². The van der Waals surface area contributed by atoms with Crippen LogP contribution in [0, 0.1) is 6.92 Å². The Morgan fingerprint density at radius 1 is 1.35 bits per heavy atom. The van der Waals surface area contributed by atoms with Gasteiger partial charge in [0.15, 0.2) is 10.3 Å². The molecule has 90 valence electrons. The summed E-state index contributed by atoms with van der Waals surface area (Å²) in [6.07, 6.45) is 0. The van der Waals surface area contributed by atoms with Crippen LogP contribution in [0.1, 0.15) is 23.7 Å². The van der Waals surface area contributed by atoms with E-state index in [4.69, 9.17) is 23.2 Å². The summed E-state index contributed by atoms with van der Waals surface area (Å²) >= 11 is 13.3. The third-order valence-corrected chi connectivity index (χ3v) is 3.71. The second-order valence-electron chi connectivity index (χ2n) is 3.56. The van der Waals surface area contributed by atoms with E-state index in [1.807, 2.05) is 19.2 Å². The molecule has 0 aliphatic heterocycles. The second kappa shape index (κ2) is 5.16. The Labute approximate surface area is 113 Å². The van der Waals surface area contributed by atoms with Gasteiger partial charge in [0.25, 0.3) is 0 Å². The molecule has 1 unspecified atom stereocenters. The van der Waals surface area contributed by atoms with E-state index in [9.17, 15) is 0 Å². The molecule has 0 aliphatic rings. The summed E-state index contributed by atoms with van der Waals surface area (Å²) in [5, 5.41) is 14.2. The van der Waals surface area contributed by atoms with Crippen LogP contribution in [0.2, 0.25) is 10.3 Å². The monoisotopic (exact) mass is 288 g/mol. The van der Waals surface area contributed by atoms with Crippen molar-refractivity contribution in [3.63, 3.8) is 0 Å². The summed E-state index contributed by atoms with van der Waals surface area (Å²) in [6.45, 7) is 3.97. The zero-order valence-electron chi connectivity index (χ0n) is 9.24. The molecule has 2 aromatic heterocycles. The van der Waals surface area contributed by atoms with Crippen molar-refractivity contribution in [2.24, 2.45) is 0 Å². The lowest BCUT2D eigenvalue weighted by atomic mass is 10.3. The summed E-state index contributed by atoms with van der Waals surface area (Å²) < 4.78 is 0. The van der Waals surface area contributed by atoms with E-state index >= 15 is 0 Å². The van der Waals surface area contributed by atoms with Crippen molar-refractivity contribution < 1.29 is 0 Å². The fraction of sp³-hybridized carbons (Fsp3) is 0.300. The third-order valence-electron chi connectivity index (χ3n) is 2.10. The summed E-state index contributed by atoms with van der Waals surface area (Å²) in [5.41, 5.74) is 1.67. The quantitative estimate of drug-likeness (QED) is 0.935. The van der Waals surface area contributed by atoms with E-state index in [1.165, 1.54) is 0 Å². The van der Waals surface area contributed by atoms with Gasteiger partial charge in [-0.15, -0.1) is 21.5 Å². The van der Waals surface area contributed by atoms with Crippen molar-refractivity contribution in [1.82, 2.24) is 15.2 Å². The van der Waals surface area contributed by atoms with Crippen molar-refractivity contribution >= 4 is 40.2 Å². The Morgan fingerprint density at radius 3 is 2.76 bits per heavy atom. The largest absolute Gasteiger partial charge is 0.373 e. The molecule has 0 radical (unpaired) electrons. The molecule has 0 saturated heterocycles. The van der Waals surface area contributed by atoms with Crippen molar-refractivity contribution in [2.45, 2.75) is 19.9 Å². The van der Waals surface area contributed by atoms with Crippen molar-refractivity contribution in [2.75, 3.05) is 5.32 Å². The maximum Gasteiger partial charge on any atom is 0.174 e. The van der Waals surface area contributed by atoms with Crippen LogP contribution in [0.4, 0.5) is 5.69 Å². The Hall–Kier alpha value is -0.910. The van der Waals surface area contributed by atoms with Crippen LogP contribution in [0.3, 0.4) is 0 Å². The molecule has 1 N–H and O–H groups in total. The molecule has 2 heterocycles. The van der Waals surface area contributed by atoms with E-state index < -0.39 is 0 Å². The number of nitrogens with zero attached hydrogens (tertiary/aromatic N) is 3. The van der Waals surface area contributed by atoms with Crippen molar-refractivity contribution in [3.8, 4) is 0 Å². The molecule has 2 aromatic rings. The van der Waals surface area contributed by atoms with Crippen LogP contribution in [-0.4, -0.2) is 15.2 Å². The fourth-order valence-corrected chi connectivity index (χ4v) is 2.42. The van der Waals surface area contributed by atoms with Gasteiger partial charge in [0.2, 0.25) is 0 Å². The summed E-state index contributed by atoms with van der Waals surface area (Å²) in [4.78, 5) is 4.40. The molecule has 0 bridgehead atoms. The molecule has 0 spiro atoms. The molecule has 0 aromatic carbocycles. The van der Waals surface area contributed by atoms with Crippen LogP contribution in [-0.2, 0) is 0 Å². The Morgan fingerprint density at radius 2 is 2.12 bits per heavy atom. The molecule has 4 nitrogen and oxygen atoms in total. The Bertz CT molecular complexity index is 529. The highest BCUT2D eigenvalue weighted by atomic mass is 35.5. The van der Waals surface area contributed by atoms with Crippen LogP contribution in [0.25, 0.3) is 0 Å². The van der Waals surface area contributed by atoms with E-state index in [1.54, 1.807) is 17.4 Å². The van der Waals surface area contributed by atoms with Gasteiger partial charge in [0, 0.05) is 17.1 Å². The Kier molecular flexibility index (Phi) is 3.81. The maximum atomic E-state index is 5.92. The van der Waals surface area contributed by atoms with Gasteiger partial charge in [0.05, 0.1) is 11.7 Å². The summed E-state index contributed by atoms with van der Waals surface area (Å²) in [6, 6.07) is 1.69. The molecular weight excluding hydrogens is 279 g/mol. The zero-order chi connectivity index (χ0) is 12.4. The van der Waals surface area contributed by atoms with E-state index in [0.717, 1.165) is 10.7 Å². The lowest BCUT2D eigenvalue weighted by Gasteiger charge is -2.13. The Balaban J connectivity index is 2.18. The lowest BCUT2D eigenvalue weighted by Crippen LogP contribution is -2.07. The van der Waals surface area contributed by atoms with Gasteiger partial charge in [-0.1, -0.05) is 23.2 Å². The predicted octanol–water partition coefficient (Wildman–Crippen LogP) is 3.72. The van der Waals surface area contributed by atoms with Crippen LogP contribution < -0.4 is 5.32 Å². The average Bonchev–Trinajstić information content (AvgIpc) is 2.70. The number of halogens is 2. The zero-order valence-corrected chi connectivity index (χ0v) is 11.6. The molecule has 0 amide bonds. The van der Waals surface area contributed by atoms with Crippen molar-refractivity contribution in [3.05, 3.63) is 32.5 Å². The summed E-state index contributed by atoms with van der Waals surface area (Å²) in [7, 11) is 0. The molecule has 1 atom stereocenters. The number of aromatic nitrogens is 3. The van der Waals surface area contributed by atoms with Gasteiger partial charge in [-0.2, -0.15) is 0 Å². The number of anilines is 1. The normalized spacial score (nSPS) is 12.5. The molecule has 7 heteroatoms. The minimum absolute atomic E-state index is 0.0477. The average molecular weight is 289 g/mol. The number of thiazole rings is 1. The molecular formula is C10H10Cl2N4S. The molecule has 0 saturated carbocycles. The minimum atomic E-state index is 0.0477. The SMILES string of the molecule is Cc1csc(C(C)Nc2cc(Cl)nnc2Cl)n1. The first-order chi connectivity index (χ1) is 8.06. The first-order valence-corrected chi connectivity index (χ1v) is 6.57. The highest BCUT2D eigenvalue weighted by Crippen LogP contribution is 2.27. The lowest BCUT2D eigenvalue weighted by molar-refractivity contribution is 0.859. The van der Waals surface area contributed by atoms with Crippen molar-refractivity contribution in [1.29, 1.82) is 0 Å². The van der Waals surface area contributed by atoms with E-state index in [2.05, 4.69) is 20.5 Å². The predicted molar refractivity (Wildman–Crippen MR) is 70.9 cm³/mol. The maximum absolute atomic E-state index is 5.92. The highest BCUT2D eigenvalue weighted by Gasteiger charge is 2.12. The molecule has 17 heavy (non-hydrogen) atoms. The van der Waals surface area contributed by atoms with Gasteiger partial charge in [-0.05, 0) is 13.8 Å². The number of rotatable bonds is 3. The molecule has 2 rings (SSSR count). The molecule has 0 fully saturated rings. The van der Waals surface area contributed by atoms with Gasteiger partial charge in [-0.25, -0.2) is 4.98 Å². The van der Waals surface area contributed by atoms with Gasteiger partial charge < -0.3 is 5.32 Å². The highest BCUT2D eigenvalue weighted by molar-refractivity contribution is 7.09. The summed E-state index contributed by atoms with van der Waals surface area (Å²) in [5.74, 6) is 0. The molecule has 0 aliphatic carbocycles. The third kappa shape index (κ3) is 3.06. The number of nitrogens with one attached hydrogen (secondary N) is 1. The first kappa shape index (κ1) is 12.5. The smallest absolute Gasteiger partial charge is 0.174 e. The number of aryl methyl sites for hydroxylation is 1. The van der Waals surface area contributed by atoms with Gasteiger partial charge in [-0.3, -0.25) is 0 Å². The minimum Gasteiger partial charge on any atom is -0.373 e.